The average molecular weight is 420 g/mol. The monoisotopic (exact) mass is 420 g/mol. The molecule has 0 aliphatic heterocycles. The number of carbonyl (C=O) groups excluding carboxylic acids is 1. The summed E-state index contributed by atoms with van der Waals surface area (Å²) in [6.45, 7) is 0. The number of thioether (sulfide) groups is 1. The molecular weight excluding hydrogens is 402 g/mol. The van der Waals surface area contributed by atoms with E-state index in [1.807, 2.05) is 60.7 Å². The number of anilines is 1. The van der Waals surface area contributed by atoms with Crippen LogP contribution in [-0.2, 0) is 4.79 Å². The van der Waals surface area contributed by atoms with Gasteiger partial charge in [-0.15, -0.1) is 0 Å². The first kappa shape index (κ1) is 19.5. The smallest absolute Gasteiger partial charge is 0.442 e. The highest BCUT2D eigenvalue weighted by Crippen LogP contribution is 2.22. The number of carbonyl (C=O) groups is 1. The quantitative estimate of drug-likeness (QED) is 0.351. The first-order valence-electron chi connectivity index (χ1n) is 9.13. The zero-order valence-corrected chi connectivity index (χ0v) is 16.6. The minimum absolute atomic E-state index is 0.0533. The van der Waals surface area contributed by atoms with E-state index in [2.05, 4.69) is 10.6 Å². The van der Waals surface area contributed by atoms with Gasteiger partial charge in [0.2, 0.25) is 11.6 Å². The molecule has 4 rings (SSSR count). The molecule has 30 heavy (non-hydrogen) atoms. The molecule has 0 saturated heterocycles. The van der Waals surface area contributed by atoms with Gasteiger partial charge >= 0.3 is 10.7 Å². The number of hydrogen-bond donors (Lipinski definition) is 2. The number of benzene rings is 3. The van der Waals surface area contributed by atoms with Crippen molar-refractivity contribution in [2.45, 2.75) is 5.03 Å². The first-order chi connectivity index (χ1) is 14.7. The molecule has 0 fully saturated rings. The van der Waals surface area contributed by atoms with Crippen molar-refractivity contribution in [3.05, 3.63) is 95.3 Å². The molecule has 0 atom stereocenters. The molecule has 0 aliphatic carbocycles. The Labute approximate surface area is 176 Å². The number of amides is 1. The zero-order valence-electron chi connectivity index (χ0n) is 15.8. The Kier molecular flexibility index (Phi) is 5.95. The Hall–Kier alpha value is -3.78. The number of aromatic amines is 1. The summed E-state index contributed by atoms with van der Waals surface area (Å²) < 4.78 is 12.1. The molecule has 3 aromatic carbocycles. The van der Waals surface area contributed by atoms with Crippen LogP contribution in [0.5, 0.6) is 11.5 Å². The van der Waals surface area contributed by atoms with Gasteiger partial charge in [-0.05, 0) is 58.1 Å². The van der Waals surface area contributed by atoms with Crippen LogP contribution in [0.2, 0.25) is 0 Å². The molecule has 7 nitrogen and oxygen atoms in total. The van der Waals surface area contributed by atoms with E-state index < -0.39 is 5.63 Å². The summed E-state index contributed by atoms with van der Waals surface area (Å²) in [4.78, 5) is 24.3. The minimum Gasteiger partial charge on any atom is -0.457 e. The Morgan fingerprint density at radius 1 is 0.933 bits per heavy atom. The van der Waals surface area contributed by atoms with Crippen molar-refractivity contribution in [2.24, 2.45) is 0 Å². The summed E-state index contributed by atoms with van der Waals surface area (Å²) in [6, 6.07) is 25.7. The Bertz CT molecular complexity index is 1170. The molecule has 8 heteroatoms. The van der Waals surface area contributed by atoms with E-state index in [1.54, 1.807) is 24.3 Å². The van der Waals surface area contributed by atoms with E-state index in [-0.39, 0.29) is 11.7 Å². The van der Waals surface area contributed by atoms with Crippen LogP contribution in [0.3, 0.4) is 0 Å². The van der Waals surface area contributed by atoms with Crippen LogP contribution < -0.4 is 20.4 Å². The normalized spacial score (nSPS) is 10.5. The summed E-state index contributed by atoms with van der Waals surface area (Å²) in [5.41, 5.74) is 0.845. The average Bonchev–Trinajstić information content (AvgIpc) is 3.15. The van der Waals surface area contributed by atoms with E-state index in [0.29, 0.717) is 16.5 Å². The van der Waals surface area contributed by atoms with Crippen LogP contribution in [-0.4, -0.2) is 16.9 Å². The third-order valence-corrected chi connectivity index (χ3v) is 5.11. The van der Waals surface area contributed by atoms with Crippen LogP contribution >= 0.6 is 11.8 Å². The van der Waals surface area contributed by atoms with Gasteiger partial charge in [-0.1, -0.05) is 36.4 Å². The van der Waals surface area contributed by atoms with Crippen molar-refractivity contribution < 1.29 is 18.7 Å². The van der Waals surface area contributed by atoms with Gasteiger partial charge < -0.3 is 10.1 Å². The van der Waals surface area contributed by atoms with Gasteiger partial charge in [0.05, 0.1) is 5.75 Å². The molecule has 1 heterocycles. The van der Waals surface area contributed by atoms with E-state index in [0.717, 1.165) is 23.2 Å². The van der Waals surface area contributed by atoms with E-state index in [4.69, 9.17) is 9.26 Å². The molecule has 0 bridgehead atoms. The van der Waals surface area contributed by atoms with Gasteiger partial charge in [-0.25, -0.2) is 4.79 Å². The molecule has 0 saturated carbocycles. The predicted octanol–water partition coefficient (Wildman–Crippen LogP) is 3.77. The topological polar surface area (TPSA) is 88.2 Å². The lowest BCUT2D eigenvalue weighted by Crippen LogP contribution is -2.36. The highest BCUT2D eigenvalue weighted by atomic mass is 32.2. The summed E-state index contributed by atoms with van der Waals surface area (Å²) in [5, 5.41) is 5.65. The Morgan fingerprint density at radius 2 is 1.57 bits per heavy atom. The fourth-order valence-corrected chi connectivity index (χ4v) is 3.47. The van der Waals surface area contributed by atoms with E-state index in [1.165, 1.54) is 4.68 Å². The molecule has 0 aliphatic rings. The van der Waals surface area contributed by atoms with Crippen LogP contribution in [0.1, 0.15) is 0 Å². The number of nitrogens with zero attached hydrogens (tertiary/aromatic N) is 1. The molecule has 150 valence electrons. The van der Waals surface area contributed by atoms with Crippen molar-refractivity contribution in [3.63, 3.8) is 0 Å². The van der Waals surface area contributed by atoms with Crippen LogP contribution in [0, 0.1) is 0 Å². The van der Waals surface area contributed by atoms with Gasteiger partial charge in [-0.3, -0.25) is 9.32 Å². The van der Waals surface area contributed by atoms with Gasteiger partial charge in [-0.2, -0.15) is 0 Å². The van der Waals surface area contributed by atoms with Crippen molar-refractivity contribution in [1.29, 1.82) is 0 Å². The number of nitrogens with one attached hydrogen (secondary N) is 2. The standard InChI is InChI=1S/C22H17N3O4S/c26-20(15-30-21-22(27)29-24-25(21)17-7-3-1-4-8-17)23-16-11-13-19(14-12-16)28-18-9-5-2-6-10-18/h1-14H,15H2,(H-,23,24,26,27)/p+1. The Morgan fingerprint density at radius 3 is 2.27 bits per heavy atom. The fourth-order valence-electron chi connectivity index (χ4n) is 2.70. The number of hydrogen-bond acceptors (Lipinski definition) is 5. The summed E-state index contributed by atoms with van der Waals surface area (Å²) in [6.07, 6.45) is 0. The molecule has 1 aromatic heterocycles. The third-order valence-electron chi connectivity index (χ3n) is 4.08. The molecule has 4 aromatic rings. The molecule has 0 unspecified atom stereocenters. The Balaban J connectivity index is 1.36. The SMILES string of the molecule is O=C(CSc1c(=O)o[nH][n+]1-c1ccccc1)Nc1ccc(Oc2ccccc2)cc1. The van der Waals surface area contributed by atoms with Crippen LogP contribution in [0.15, 0.2) is 99.3 Å². The third kappa shape index (κ3) is 4.79. The van der Waals surface area contributed by atoms with Crippen LogP contribution in [0.4, 0.5) is 5.69 Å². The van der Waals surface area contributed by atoms with Gasteiger partial charge in [0.25, 0.3) is 0 Å². The highest BCUT2D eigenvalue weighted by molar-refractivity contribution is 7.99. The molecule has 0 spiro atoms. The van der Waals surface area contributed by atoms with Gasteiger partial charge in [0, 0.05) is 17.8 Å². The molecular formula is C22H18N3O4S+. The number of rotatable bonds is 7. The van der Waals surface area contributed by atoms with Crippen LogP contribution in [0.25, 0.3) is 5.69 Å². The lowest BCUT2D eigenvalue weighted by Gasteiger charge is -2.07. The van der Waals surface area contributed by atoms with Crippen molar-refractivity contribution >= 4 is 23.4 Å². The molecule has 2 N–H and O–H groups in total. The van der Waals surface area contributed by atoms with E-state index >= 15 is 0 Å². The second kappa shape index (κ2) is 9.15. The summed E-state index contributed by atoms with van der Waals surface area (Å²) in [5.74, 6) is 1.22. The lowest BCUT2D eigenvalue weighted by atomic mass is 10.3. The lowest BCUT2D eigenvalue weighted by molar-refractivity contribution is -0.704. The second-order valence-corrected chi connectivity index (χ2v) is 7.20. The van der Waals surface area contributed by atoms with Gasteiger partial charge in [0.15, 0.2) is 0 Å². The summed E-state index contributed by atoms with van der Waals surface area (Å²) in [7, 11) is 0. The molecule has 1 amide bonds. The predicted molar refractivity (Wildman–Crippen MR) is 113 cm³/mol. The fraction of sp³-hybridized carbons (Fsp3) is 0.0455. The maximum absolute atomic E-state index is 12.3. The highest BCUT2D eigenvalue weighted by Gasteiger charge is 2.24. The maximum Gasteiger partial charge on any atom is 0.442 e. The maximum atomic E-state index is 12.3. The van der Waals surface area contributed by atoms with Crippen molar-refractivity contribution in [3.8, 4) is 17.2 Å². The minimum atomic E-state index is -0.529. The van der Waals surface area contributed by atoms with E-state index in [9.17, 15) is 9.59 Å². The molecule has 0 radical (unpaired) electrons. The largest absolute Gasteiger partial charge is 0.457 e. The number of para-hydroxylation sites is 2. The van der Waals surface area contributed by atoms with Gasteiger partial charge in [0.1, 0.15) is 11.5 Å². The summed E-state index contributed by atoms with van der Waals surface area (Å²) >= 11 is 1.10. The zero-order chi connectivity index (χ0) is 20.8. The van der Waals surface area contributed by atoms with Crippen molar-refractivity contribution in [2.75, 3.05) is 11.1 Å². The first-order valence-corrected chi connectivity index (χ1v) is 10.1. The second-order valence-electron chi connectivity index (χ2n) is 6.23. The van der Waals surface area contributed by atoms with Crippen molar-refractivity contribution in [1.82, 2.24) is 5.27 Å². The number of ether oxygens (including phenoxy) is 1. The number of H-pyrrole nitrogens is 1. The number of aromatic nitrogens is 2.